The highest BCUT2D eigenvalue weighted by atomic mass is 35.7. The van der Waals surface area contributed by atoms with Crippen molar-refractivity contribution in [3.63, 3.8) is 0 Å². The summed E-state index contributed by atoms with van der Waals surface area (Å²) in [5, 5.41) is 2.43. The van der Waals surface area contributed by atoms with Crippen LogP contribution in [0, 0.1) is 0 Å². The lowest BCUT2D eigenvalue weighted by Gasteiger charge is -2.12. The van der Waals surface area contributed by atoms with Crippen LogP contribution in [0.15, 0.2) is 66.7 Å². The van der Waals surface area contributed by atoms with Gasteiger partial charge in [0.15, 0.2) is 0 Å². The first-order valence-corrected chi connectivity index (χ1v) is 9.10. The standard InChI is InChI=1S/C18H16ClOP/c19-21-13-17-10-15-8-4-5-9-16(15)11-18(17)20-12-14-6-2-1-3-7-14/h1-11,21H,12-13H2. The molecule has 3 aromatic carbocycles. The minimum absolute atomic E-state index is 0.366. The fraction of sp³-hybridized carbons (Fsp3) is 0.111. The highest BCUT2D eigenvalue weighted by Gasteiger charge is 2.06. The quantitative estimate of drug-likeness (QED) is 0.545. The number of ether oxygens (including phenoxy) is 1. The molecule has 0 aliphatic rings. The second-order valence-corrected chi connectivity index (χ2v) is 6.31. The second-order valence-electron chi connectivity index (χ2n) is 4.89. The number of hydrogen-bond donors (Lipinski definition) is 0. The first-order chi connectivity index (χ1) is 10.4. The van der Waals surface area contributed by atoms with Crippen molar-refractivity contribution in [2.45, 2.75) is 12.8 Å². The van der Waals surface area contributed by atoms with E-state index in [1.807, 2.05) is 24.3 Å². The summed E-state index contributed by atoms with van der Waals surface area (Å²) in [6.07, 6.45) is 0.844. The number of halogens is 1. The average molecular weight is 315 g/mol. The topological polar surface area (TPSA) is 9.23 Å². The third-order valence-corrected chi connectivity index (χ3v) is 4.34. The van der Waals surface area contributed by atoms with E-state index in [-0.39, 0.29) is 0 Å². The van der Waals surface area contributed by atoms with E-state index in [0.29, 0.717) is 14.5 Å². The summed E-state index contributed by atoms with van der Waals surface area (Å²) in [5.41, 5.74) is 2.35. The van der Waals surface area contributed by atoms with Gasteiger partial charge in [0.05, 0.1) is 0 Å². The number of rotatable bonds is 5. The van der Waals surface area contributed by atoms with Crippen LogP contribution in [0.4, 0.5) is 0 Å². The molecule has 0 saturated heterocycles. The van der Waals surface area contributed by atoms with Gasteiger partial charge >= 0.3 is 0 Å². The van der Waals surface area contributed by atoms with Gasteiger partial charge in [-0.3, -0.25) is 0 Å². The molecule has 1 unspecified atom stereocenters. The van der Waals surface area contributed by atoms with E-state index in [9.17, 15) is 0 Å². The van der Waals surface area contributed by atoms with E-state index < -0.39 is 0 Å². The van der Waals surface area contributed by atoms with Crippen LogP contribution in [0.3, 0.4) is 0 Å². The van der Waals surface area contributed by atoms with E-state index >= 15 is 0 Å². The van der Waals surface area contributed by atoms with Crippen molar-refractivity contribution in [2.75, 3.05) is 0 Å². The second kappa shape index (κ2) is 6.93. The largest absolute Gasteiger partial charge is 0.489 e. The molecule has 0 N–H and O–H groups in total. The maximum Gasteiger partial charge on any atom is 0.124 e. The fourth-order valence-corrected chi connectivity index (χ4v) is 3.20. The van der Waals surface area contributed by atoms with Gasteiger partial charge in [0.2, 0.25) is 0 Å². The summed E-state index contributed by atoms with van der Waals surface area (Å²) < 4.78 is 6.03. The number of benzene rings is 3. The van der Waals surface area contributed by atoms with E-state index in [0.717, 1.165) is 11.9 Å². The van der Waals surface area contributed by atoms with Crippen LogP contribution < -0.4 is 4.74 Å². The molecule has 0 aliphatic heterocycles. The maximum absolute atomic E-state index is 6.03. The normalized spacial score (nSPS) is 11.3. The number of hydrogen-bond acceptors (Lipinski definition) is 1. The molecule has 0 aliphatic carbocycles. The summed E-state index contributed by atoms with van der Waals surface area (Å²) in [6.45, 7) is 0.581. The smallest absolute Gasteiger partial charge is 0.124 e. The average Bonchev–Trinajstić information content (AvgIpc) is 2.54. The Balaban J connectivity index is 1.90. The van der Waals surface area contributed by atoms with Crippen molar-refractivity contribution < 1.29 is 4.74 Å². The molecular formula is C18H16ClOP. The van der Waals surface area contributed by atoms with Crippen LogP contribution in [-0.2, 0) is 12.8 Å². The van der Waals surface area contributed by atoms with Crippen molar-refractivity contribution in [2.24, 2.45) is 0 Å². The van der Waals surface area contributed by atoms with Gasteiger partial charge in [-0.25, -0.2) is 0 Å². The Labute approximate surface area is 131 Å². The summed E-state index contributed by atoms with van der Waals surface area (Å²) in [6, 6.07) is 22.9. The molecular weight excluding hydrogens is 299 g/mol. The zero-order valence-electron chi connectivity index (χ0n) is 11.6. The summed E-state index contributed by atoms with van der Waals surface area (Å²) in [7, 11) is 0.366. The zero-order valence-corrected chi connectivity index (χ0v) is 13.3. The predicted molar refractivity (Wildman–Crippen MR) is 92.6 cm³/mol. The summed E-state index contributed by atoms with van der Waals surface area (Å²) in [5.74, 6) is 0.936. The molecule has 1 atom stereocenters. The molecule has 0 spiro atoms. The fourth-order valence-electron chi connectivity index (χ4n) is 2.35. The zero-order chi connectivity index (χ0) is 14.5. The van der Waals surface area contributed by atoms with Gasteiger partial charge in [-0.05, 0) is 42.0 Å². The predicted octanol–water partition coefficient (Wildman–Crippen LogP) is 5.75. The Kier molecular flexibility index (Phi) is 4.75. The molecule has 106 valence electrons. The van der Waals surface area contributed by atoms with Crippen molar-refractivity contribution in [1.29, 1.82) is 0 Å². The highest BCUT2D eigenvalue weighted by Crippen LogP contribution is 2.33. The molecule has 0 amide bonds. The SMILES string of the molecule is ClPCc1cc2ccccc2cc1OCc1ccccc1. The van der Waals surface area contributed by atoms with Crippen LogP contribution in [-0.4, -0.2) is 0 Å². The Morgan fingerprint density at radius 2 is 1.52 bits per heavy atom. The Hall–Kier alpha value is -1.56. The number of fused-ring (bicyclic) bond motifs is 1. The Morgan fingerprint density at radius 3 is 2.24 bits per heavy atom. The van der Waals surface area contributed by atoms with Crippen LogP contribution in [0.2, 0.25) is 0 Å². The third kappa shape index (κ3) is 3.56. The molecule has 0 aromatic heterocycles. The molecule has 3 rings (SSSR count). The molecule has 21 heavy (non-hydrogen) atoms. The first-order valence-electron chi connectivity index (χ1n) is 6.89. The molecule has 3 aromatic rings. The molecule has 3 heteroatoms. The van der Waals surface area contributed by atoms with Crippen LogP contribution >= 0.6 is 19.2 Å². The molecule has 0 radical (unpaired) electrons. The van der Waals surface area contributed by atoms with E-state index in [1.54, 1.807) is 0 Å². The summed E-state index contributed by atoms with van der Waals surface area (Å²) >= 11 is 5.95. The molecule has 0 saturated carbocycles. The summed E-state index contributed by atoms with van der Waals surface area (Å²) in [4.78, 5) is 0. The van der Waals surface area contributed by atoms with Gasteiger partial charge in [0.25, 0.3) is 0 Å². The van der Waals surface area contributed by atoms with Gasteiger partial charge < -0.3 is 4.74 Å². The van der Waals surface area contributed by atoms with Crippen molar-refractivity contribution in [3.8, 4) is 5.75 Å². The van der Waals surface area contributed by atoms with E-state index in [1.165, 1.54) is 21.9 Å². The maximum atomic E-state index is 6.03. The van der Waals surface area contributed by atoms with Gasteiger partial charge in [0, 0.05) is 6.16 Å². The van der Waals surface area contributed by atoms with Crippen molar-refractivity contribution >= 4 is 29.9 Å². The van der Waals surface area contributed by atoms with Crippen molar-refractivity contribution in [3.05, 3.63) is 77.9 Å². The van der Waals surface area contributed by atoms with Crippen LogP contribution in [0.25, 0.3) is 10.8 Å². The third-order valence-electron chi connectivity index (χ3n) is 3.42. The molecule has 0 fully saturated rings. The minimum Gasteiger partial charge on any atom is -0.489 e. The van der Waals surface area contributed by atoms with E-state index in [4.69, 9.17) is 16.0 Å². The lowest BCUT2D eigenvalue weighted by molar-refractivity contribution is 0.304. The minimum atomic E-state index is 0.366. The van der Waals surface area contributed by atoms with Crippen LogP contribution in [0.1, 0.15) is 11.1 Å². The molecule has 0 bridgehead atoms. The monoisotopic (exact) mass is 314 g/mol. The Bertz CT molecular complexity index is 728. The van der Waals surface area contributed by atoms with Gasteiger partial charge in [-0.15, -0.1) is 0 Å². The van der Waals surface area contributed by atoms with Gasteiger partial charge in [-0.2, -0.15) is 0 Å². The molecule has 1 nitrogen and oxygen atoms in total. The van der Waals surface area contributed by atoms with Gasteiger partial charge in [0.1, 0.15) is 12.4 Å². The van der Waals surface area contributed by atoms with Crippen LogP contribution in [0.5, 0.6) is 5.75 Å². The highest BCUT2D eigenvalue weighted by molar-refractivity contribution is 7.67. The van der Waals surface area contributed by atoms with Gasteiger partial charge in [-0.1, -0.05) is 65.8 Å². The lowest BCUT2D eigenvalue weighted by atomic mass is 10.1. The first kappa shape index (κ1) is 14.4. The van der Waals surface area contributed by atoms with Crippen molar-refractivity contribution in [1.82, 2.24) is 0 Å². The Morgan fingerprint density at radius 1 is 0.857 bits per heavy atom. The molecule has 0 heterocycles. The van der Waals surface area contributed by atoms with E-state index in [2.05, 4.69) is 42.5 Å². The lowest BCUT2D eigenvalue weighted by Crippen LogP contribution is -1.98.